The molecular weight excluding hydrogens is 322 g/mol. The molecule has 0 saturated carbocycles. The van der Waals surface area contributed by atoms with E-state index >= 15 is 0 Å². The Morgan fingerprint density at radius 2 is 2.13 bits per heavy atom. The van der Waals surface area contributed by atoms with Gasteiger partial charge in [-0.3, -0.25) is 4.79 Å². The summed E-state index contributed by atoms with van der Waals surface area (Å²) >= 11 is 0. The van der Waals surface area contributed by atoms with Crippen LogP contribution >= 0.6 is 0 Å². The van der Waals surface area contributed by atoms with Gasteiger partial charge in [0.25, 0.3) is 5.91 Å². The third kappa shape index (κ3) is 4.44. The summed E-state index contributed by atoms with van der Waals surface area (Å²) in [7, 11) is -3.07. The summed E-state index contributed by atoms with van der Waals surface area (Å²) in [5.41, 5.74) is 0.0733. The predicted octanol–water partition coefficient (Wildman–Crippen LogP) is 0.799. The highest BCUT2D eigenvalue weighted by atomic mass is 32.2. The lowest BCUT2D eigenvalue weighted by Crippen LogP contribution is -2.43. The maximum Gasteiger partial charge on any atom is 0.335 e. The normalized spacial score (nSPS) is 19.3. The molecule has 1 aromatic rings. The van der Waals surface area contributed by atoms with Crippen LogP contribution in [-0.2, 0) is 14.6 Å². The van der Waals surface area contributed by atoms with E-state index in [2.05, 4.69) is 0 Å². The third-order valence-electron chi connectivity index (χ3n) is 3.75. The minimum atomic E-state index is -3.07. The van der Waals surface area contributed by atoms with E-state index in [1.165, 1.54) is 23.1 Å². The molecule has 126 valence electrons. The Kier molecular flexibility index (Phi) is 5.25. The van der Waals surface area contributed by atoms with E-state index < -0.39 is 15.8 Å². The summed E-state index contributed by atoms with van der Waals surface area (Å²) < 4.78 is 28.4. The van der Waals surface area contributed by atoms with Gasteiger partial charge in [-0.25, -0.2) is 13.2 Å². The number of sulfone groups is 1. The van der Waals surface area contributed by atoms with Gasteiger partial charge in [0, 0.05) is 12.6 Å². The van der Waals surface area contributed by atoms with Crippen molar-refractivity contribution in [1.82, 2.24) is 4.90 Å². The molecule has 1 aliphatic rings. The number of nitrogens with zero attached hydrogens (tertiary/aromatic N) is 1. The molecule has 1 heterocycles. The van der Waals surface area contributed by atoms with Gasteiger partial charge in [-0.05, 0) is 31.5 Å². The maximum absolute atomic E-state index is 12.3. The first-order valence-corrected chi connectivity index (χ1v) is 9.10. The van der Waals surface area contributed by atoms with Crippen molar-refractivity contribution >= 4 is 21.7 Å². The Morgan fingerprint density at radius 1 is 1.39 bits per heavy atom. The number of aromatic carboxylic acids is 1. The second-order valence-electron chi connectivity index (χ2n) is 5.36. The van der Waals surface area contributed by atoms with Gasteiger partial charge in [-0.2, -0.15) is 0 Å². The SMILES string of the molecule is CCN(C(=O)COc1cccc(C(=O)O)c1)[C@H]1CCS(=O)(=O)C1. The van der Waals surface area contributed by atoms with Gasteiger partial charge >= 0.3 is 5.97 Å². The van der Waals surface area contributed by atoms with E-state index in [0.29, 0.717) is 13.0 Å². The summed E-state index contributed by atoms with van der Waals surface area (Å²) in [5, 5.41) is 8.92. The van der Waals surface area contributed by atoms with Crippen LogP contribution in [0.2, 0.25) is 0 Å². The fourth-order valence-corrected chi connectivity index (χ4v) is 4.34. The number of benzene rings is 1. The van der Waals surface area contributed by atoms with Crippen molar-refractivity contribution in [3.63, 3.8) is 0 Å². The van der Waals surface area contributed by atoms with Crippen molar-refractivity contribution in [1.29, 1.82) is 0 Å². The first kappa shape index (κ1) is 17.3. The summed E-state index contributed by atoms with van der Waals surface area (Å²) in [6.45, 7) is 1.93. The van der Waals surface area contributed by atoms with Crippen molar-refractivity contribution in [3.8, 4) is 5.75 Å². The van der Waals surface area contributed by atoms with Crippen molar-refractivity contribution < 1.29 is 27.9 Å². The average Bonchev–Trinajstić information content (AvgIpc) is 2.86. The van der Waals surface area contributed by atoms with Gasteiger partial charge in [0.1, 0.15) is 5.75 Å². The third-order valence-corrected chi connectivity index (χ3v) is 5.50. The Bertz CT molecular complexity index is 700. The summed E-state index contributed by atoms with van der Waals surface area (Å²) in [4.78, 5) is 24.7. The number of rotatable bonds is 6. The topological polar surface area (TPSA) is 101 Å². The Morgan fingerprint density at radius 3 is 2.70 bits per heavy atom. The Labute approximate surface area is 134 Å². The Balaban J connectivity index is 1.98. The molecule has 0 aliphatic carbocycles. The molecule has 0 bridgehead atoms. The highest BCUT2D eigenvalue weighted by molar-refractivity contribution is 7.91. The van der Waals surface area contributed by atoms with Gasteiger partial charge in [-0.1, -0.05) is 6.07 Å². The zero-order valence-electron chi connectivity index (χ0n) is 12.8. The van der Waals surface area contributed by atoms with E-state index in [1.807, 2.05) is 0 Å². The monoisotopic (exact) mass is 341 g/mol. The van der Waals surface area contributed by atoms with E-state index in [4.69, 9.17) is 9.84 Å². The zero-order valence-corrected chi connectivity index (χ0v) is 13.6. The number of carbonyl (C=O) groups excluding carboxylic acids is 1. The molecule has 0 radical (unpaired) electrons. The van der Waals surface area contributed by atoms with Gasteiger partial charge in [0.05, 0.1) is 17.1 Å². The smallest absolute Gasteiger partial charge is 0.335 e. The molecule has 1 atom stereocenters. The first-order chi connectivity index (χ1) is 10.8. The molecule has 0 spiro atoms. The quantitative estimate of drug-likeness (QED) is 0.821. The van der Waals surface area contributed by atoms with Crippen molar-refractivity contribution in [2.24, 2.45) is 0 Å². The van der Waals surface area contributed by atoms with Gasteiger partial charge in [0.2, 0.25) is 0 Å². The van der Waals surface area contributed by atoms with Crippen molar-refractivity contribution in [2.45, 2.75) is 19.4 Å². The number of ether oxygens (including phenoxy) is 1. The molecule has 1 N–H and O–H groups in total. The molecule has 8 heteroatoms. The molecule has 23 heavy (non-hydrogen) atoms. The number of hydrogen-bond acceptors (Lipinski definition) is 5. The molecule has 1 aliphatic heterocycles. The summed E-state index contributed by atoms with van der Waals surface area (Å²) in [5.74, 6) is -1.01. The molecular formula is C15H19NO6S. The summed E-state index contributed by atoms with van der Waals surface area (Å²) in [6, 6.07) is 5.55. The van der Waals surface area contributed by atoms with Gasteiger partial charge < -0.3 is 14.7 Å². The summed E-state index contributed by atoms with van der Waals surface area (Å²) in [6.07, 6.45) is 0.441. The first-order valence-electron chi connectivity index (χ1n) is 7.28. The molecule has 1 aromatic carbocycles. The number of carboxylic acids is 1. The zero-order chi connectivity index (χ0) is 17.0. The molecule has 1 fully saturated rings. The second kappa shape index (κ2) is 6.99. The highest BCUT2D eigenvalue weighted by Gasteiger charge is 2.33. The van der Waals surface area contributed by atoms with Crippen molar-refractivity contribution in [3.05, 3.63) is 29.8 Å². The number of carboxylic acid groups (broad SMARTS) is 1. The molecule has 1 amide bonds. The molecule has 2 rings (SSSR count). The lowest BCUT2D eigenvalue weighted by molar-refractivity contribution is -0.135. The lowest BCUT2D eigenvalue weighted by Gasteiger charge is -2.26. The largest absolute Gasteiger partial charge is 0.484 e. The predicted molar refractivity (Wildman–Crippen MR) is 83.3 cm³/mol. The van der Waals surface area contributed by atoms with E-state index in [0.717, 1.165) is 0 Å². The highest BCUT2D eigenvalue weighted by Crippen LogP contribution is 2.18. The van der Waals surface area contributed by atoms with Crippen LogP contribution in [0.5, 0.6) is 5.75 Å². The van der Waals surface area contributed by atoms with Crippen LogP contribution < -0.4 is 4.74 Å². The van der Waals surface area contributed by atoms with Gasteiger partial charge in [0.15, 0.2) is 16.4 Å². The second-order valence-corrected chi connectivity index (χ2v) is 7.59. The van der Waals surface area contributed by atoms with Crippen molar-refractivity contribution in [2.75, 3.05) is 24.7 Å². The number of hydrogen-bond donors (Lipinski definition) is 1. The van der Waals surface area contributed by atoms with E-state index in [9.17, 15) is 18.0 Å². The molecule has 0 aromatic heterocycles. The lowest BCUT2D eigenvalue weighted by atomic mass is 10.2. The Hall–Kier alpha value is -2.09. The number of carbonyl (C=O) groups is 2. The molecule has 0 unspecified atom stereocenters. The minimum absolute atomic E-state index is 0.0128. The molecule has 7 nitrogen and oxygen atoms in total. The fourth-order valence-electron chi connectivity index (χ4n) is 2.61. The van der Waals surface area contributed by atoms with Crippen LogP contribution in [0, 0.1) is 0 Å². The van der Waals surface area contributed by atoms with Crippen LogP contribution in [0.25, 0.3) is 0 Å². The average molecular weight is 341 g/mol. The maximum atomic E-state index is 12.3. The number of amides is 1. The van der Waals surface area contributed by atoms with E-state index in [-0.39, 0.29) is 41.4 Å². The van der Waals surface area contributed by atoms with Gasteiger partial charge in [-0.15, -0.1) is 0 Å². The van der Waals surface area contributed by atoms with Crippen LogP contribution in [-0.4, -0.2) is 61.0 Å². The standard InChI is InChI=1S/C15H19NO6S/c1-2-16(12-6-7-23(20,21)10-12)14(17)9-22-13-5-3-4-11(8-13)15(18)19/h3-5,8,12H,2,6-7,9-10H2,1H3,(H,18,19)/t12-/m0/s1. The van der Waals surface area contributed by atoms with Crippen LogP contribution in [0.15, 0.2) is 24.3 Å². The van der Waals surface area contributed by atoms with Crippen LogP contribution in [0.1, 0.15) is 23.7 Å². The molecule has 1 saturated heterocycles. The number of likely N-dealkylation sites (N-methyl/N-ethyl adjacent to an activating group) is 1. The fraction of sp³-hybridized carbons (Fsp3) is 0.467. The van der Waals surface area contributed by atoms with Crippen LogP contribution in [0.4, 0.5) is 0 Å². The minimum Gasteiger partial charge on any atom is -0.484 e. The van der Waals surface area contributed by atoms with E-state index in [1.54, 1.807) is 13.0 Å². The van der Waals surface area contributed by atoms with Crippen LogP contribution in [0.3, 0.4) is 0 Å².